The Hall–Kier alpha value is -0.410. The lowest BCUT2D eigenvalue weighted by Gasteiger charge is -1.98. The van der Waals surface area contributed by atoms with Crippen LogP contribution in [0.2, 0.25) is 0 Å². The number of hydrogen-bond acceptors (Lipinski definition) is 3. The Balaban J connectivity index is 2.04. The first-order valence-corrected chi connectivity index (χ1v) is 4.89. The first-order chi connectivity index (χ1) is 5.43. The number of thiazole rings is 1. The third kappa shape index (κ3) is 3.49. The second kappa shape index (κ2) is 5.27. The van der Waals surface area contributed by atoms with Gasteiger partial charge in [0.15, 0.2) is 0 Å². The van der Waals surface area contributed by atoms with E-state index in [2.05, 4.69) is 17.2 Å². The molecule has 0 bridgehead atoms. The van der Waals surface area contributed by atoms with Crippen molar-refractivity contribution in [3.8, 4) is 0 Å². The quantitative estimate of drug-likeness (QED) is 0.680. The summed E-state index contributed by atoms with van der Waals surface area (Å²) < 4.78 is 0. The highest BCUT2D eigenvalue weighted by Crippen LogP contribution is 2.07. The van der Waals surface area contributed by atoms with E-state index in [1.165, 1.54) is 11.3 Å². The summed E-state index contributed by atoms with van der Waals surface area (Å²) in [7, 11) is 0. The second-order valence-corrected chi connectivity index (χ2v) is 3.40. The van der Waals surface area contributed by atoms with Gasteiger partial charge in [-0.2, -0.15) is 0 Å². The normalized spacial score (nSPS) is 10.3. The summed E-state index contributed by atoms with van der Waals surface area (Å²) in [4.78, 5) is 5.41. The highest BCUT2D eigenvalue weighted by Gasteiger charge is 1.92. The van der Waals surface area contributed by atoms with Gasteiger partial charge in [0.2, 0.25) is 0 Å². The molecule has 1 aromatic heterocycles. The largest absolute Gasteiger partial charge is 0.317 e. The van der Waals surface area contributed by atoms with Crippen LogP contribution in [0.25, 0.3) is 0 Å². The third-order valence-corrected chi connectivity index (χ3v) is 2.35. The lowest BCUT2D eigenvalue weighted by molar-refractivity contribution is 0.675. The molecule has 1 rings (SSSR count). The maximum atomic E-state index is 4.02. The summed E-state index contributed by atoms with van der Waals surface area (Å²) in [6, 6.07) is 0. The van der Waals surface area contributed by atoms with Crippen LogP contribution in [-0.4, -0.2) is 18.1 Å². The Labute approximate surface area is 71.7 Å². The van der Waals surface area contributed by atoms with E-state index < -0.39 is 0 Å². The van der Waals surface area contributed by atoms with Crippen molar-refractivity contribution in [2.24, 2.45) is 0 Å². The summed E-state index contributed by atoms with van der Waals surface area (Å²) in [5.74, 6) is 0. The van der Waals surface area contributed by atoms with Gasteiger partial charge in [-0.1, -0.05) is 6.92 Å². The Bertz CT molecular complexity index is 172. The summed E-state index contributed by atoms with van der Waals surface area (Å²) in [6.45, 7) is 4.32. The lowest BCUT2D eigenvalue weighted by Crippen LogP contribution is -2.14. The van der Waals surface area contributed by atoms with Gasteiger partial charge in [0.1, 0.15) is 0 Å². The zero-order valence-corrected chi connectivity index (χ0v) is 7.66. The zero-order valence-electron chi connectivity index (χ0n) is 6.84. The van der Waals surface area contributed by atoms with Crippen molar-refractivity contribution in [3.05, 3.63) is 16.6 Å². The molecule has 0 amide bonds. The van der Waals surface area contributed by atoms with Crippen LogP contribution in [0.1, 0.15) is 18.2 Å². The van der Waals surface area contributed by atoms with Crippen LogP contribution < -0.4 is 5.32 Å². The van der Waals surface area contributed by atoms with Crippen molar-refractivity contribution in [3.63, 3.8) is 0 Å². The maximum absolute atomic E-state index is 4.02. The van der Waals surface area contributed by atoms with Crippen molar-refractivity contribution >= 4 is 11.3 Å². The van der Waals surface area contributed by atoms with Gasteiger partial charge < -0.3 is 5.32 Å². The van der Waals surface area contributed by atoms with E-state index in [-0.39, 0.29) is 0 Å². The van der Waals surface area contributed by atoms with Crippen molar-refractivity contribution in [1.82, 2.24) is 10.3 Å². The molecule has 0 aliphatic heterocycles. The van der Waals surface area contributed by atoms with E-state index in [9.17, 15) is 0 Å². The molecule has 0 unspecified atom stereocenters. The van der Waals surface area contributed by atoms with Crippen LogP contribution >= 0.6 is 11.3 Å². The summed E-state index contributed by atoms with van der Waals surface area (Å²) in [6.07, 6.45) is 4.34. The Morgan fingerprint density at radius 3 is 3.18 bits per heavy atom. The maximum Gasteiger partial charge on any atom is 0.0794 e. The molecule has 1 heterocycles. The Morgan fingerprint density at radius 2 is 2.55 bits per heavy atom. The Kier molecular flexibility index (Phi) is 4.16. The minimum absolute atomic E-state index is 1.07. The van der Waals surface area contributed by atoms with Crippen LogP contribution in [-0.2, 0) is 6.42 Å². The molecule has 0 atom stereocenters. The van der Waals surface area contributed by atoms with Crippen molar-refractivity contribution < 1.29 is 0 Å². The number of aromatic nitrogens is 1. The molecule has 1 aromatic rings. The average Bonchev–Trinajstić information content (AvgIpc) is 2.50. The Morgan fingerprint density at radius 1 is 1.64 bits per heavy atom. The van der Waals surface area contributed by atoms with Gasteiger partial charge in [-0.05, 0) is 25.9 Å². The number of rotatable bonds is 5. The molecule has 2 nitrogen and oxygen atoms in total. The van der Waals surface area contributed by atoms with Gasteiger partial charge in [0, 0.05) is 11.1 Å². The van der Waals surface area contributed by atoms with Crippen LogP contribution in [0.5, 0.6) is 0 Å². The summed E-state index contributed by atoms with van der Waals surface area (Å²) >= 11 is 1.74. The van der Waals surface area contributed by atoms with E-state index >= 15 is 0 Å². The standard InChI is InChI=1S/C8H14N2S/c1-2-9-5-3-4-8-6-10-7-11-8/h6-7,9H,2-5H2,1H3. The van der Waals surface area contributed by atoms with E-state index in [4.69, 9.17) is 0 Å². The second-order valence-electron chi connectivity index (χ2n) is 2.42. The van der Waals surface area contributed by atoms with Gasteiger partial charge in [0.05, 0.1) is 5.51 Å². The van der Waals surface area contributed by atoms with E-state index in [0.717, 1.165) is 19.5 Å². The third-order valence-electron chi connectivity index (χ3n) is 1.51. The molecule has 1 N–H and O–H groups in total. The minimum atomic E-state index is 1.07. The fraction of sp³-hybridized carbons (Fsp3) is 0.625. The molecule has 0 fully saturated rings. The van der Waals surface area contributed by atoms with Crippen molar-refractivity contribution in [2.45, 2.75) is 19.8 Å². The van der Waals surface area contributed by atoms with E-state index in [1.807, 2.05) is 11.7 Å². The zero-order chi connectivity index (χ0) is 7.94. The molecule has 0 saturated carbocycles. The molecule has 11 heavy (non-hydrogen) atoms. The average molecular weight is 170 g/mol. The van der Waals surface area contributed by atoms with Gasteiger partial charge >= 0.3 is 0 Å². The van der Waals surface area contributed by atoms with Crippen LogP contribution in [0, 0.1) is 0 Å². The fourth-order valence-electron chi connectivity index (χ4n) is 0.930. The monoisotopic (exact) mass is 170 g/mol. The van der Waals surface area contributed by atoms with Crippen molar-refractivity contribution in [1.29, 1.82) is 0 Å². The summed E-state index contributed by atoms with van der Waals surface area (Å²) in [5.41, 5.74) is 1.89. The molecule has 0 spiro atoms. The smallest absolute Gasteiger partial charge is 0.0794 e. The highest BCUT2D eigenvalue weighted by atomic mass is 32.1. The molecular weight excluding hydrogens is 156 g/mol. The topological polar surface area (TPSA) is 24.9 Å². The summed E-state index contributed by atoms with van der Waals surface area (Å²) in [5, 5.41) is 3.29. The highest BCUT2D eigenvalue weighted by molar-refractivity contribution is 7.09. The number of nitrogens with zero attached hydrogens (tertiary/aromatic N) is 1. The van der Waals surface area contributed by atoms with Crippen LogP contribution in [0.15, 0.2) is 11.7 Å². The predicted octanol–water partition coefficient (Wildman–Crippen LogP) is 1.69. The molecule has 62 valence electrons. The first-order valence-electron chi connectivity index (χ1n) is 4.01. The number of aryl methyl sites for hydroxylation is 1. The lowest BCUT2D eigenvalue weighted by atomic mass is 10.3. The first kappa shape index (κ1) is 8.68. The molecular formula is C8H14N2S. The predicted molar refractivity (Wildman–Crippen MR) is 49.0 cm³/mol. The van der Waals surface area contributed by atoms with Crippen molar-refractivity contribution in [2.75, 3.05) is 13.1 Å². The van der Waals surface area contributed by atoms with Gasteiger partial charge in [0.25, 0.3) is 0 Å². The fourth-order valence-corrected chi connectivity index (χ4v) is 1.57. The molecule has 0 aliphatic rings. The van der Waals surface area contributed by atoms with E-state index in [1.54, 1.807) is 11.3 Å². The molecule has 0 aliphatic carbocycles. The van der Waals surface area contributed by atoms with Gasteiger partial charge in [-0.3, -0.25) is 4.98 Å². The van der Waals surface area contributed by atoms with E-state index in [0.29, 0.717) is 0 Å². The molecule has 3 heteroatoms. The number of hydrogen-bond donors (Lipinski definition) is 1. The van der Waals surface area contributed by atoms with Crippen LogP contribution in [0.4, 0.5) is 0 Å². The molecule has 0 saturated heterocycles. The SMILES string of the molecule is CCNCCCc1cncs1. The molecule has 0 radical (unpaired) electrons. The number of nitrogens with one attached hydrogen (secondary N) is 1. The van der Waals surface area contributed by atoms with Gasteiger partial charge in [-0.15, -0.1) is 11.3 Å². The minimum Gasteiger partial charge on any atom is -0.317 e. The van der Waals surface area contributed by atoms with Crippen LogP contribution in [0.3, 0.4) is 0 Å². The molecule has 0 aromatic carbocycles. The van der Waals surface area contributed by atoms with Gasteiger partial charge in [-0.25, -0.2) is 0 Å².